The molecule has 1 aromatic heterocycles. The van der Waals surface area contributed by atoms with Crippen LogP contribution in [0.25, 0.3) is 0 Å². The fraction of sp³-hybridized carbons (Fsp3) is 0.625. The van der Waals surface area contributed by atoms with Crippen LogP contribution in [0.2, 0.25) is 0 Å². The number of aromatic nitrogens is 2. The predicted octanol–water partition coefficient (Wildman–Crippen LogP) is 2.57. The second-order valence-corrected chi connectivity index (χ2v) is 3.29. The molecule has 0 fully saturated rings. The second-order valence-electron chi connectivity index (χ2n) is 2.67. The van der Waals surface area contributed by atoms with Gasteiger partial charge in [-0.1, -0.05) is 19.8 Å². The molecule has 1 heterocycles. The molecule has 0 radical (unpaired) electrons. The van der Waals surface area contributed by atoms with E-state index in [9.17, 15) is 0 Å². The quantitative estimate of drug-likeness (QED) is 0.668. The lowest BCUT2D eigenvalue weighted by Crippen LogP contribution is -1.90. The molecule has 1 aromatic rings. The van der Waals surface area contributed by atoms with Gasteiger partial charge >= 0.3 is 0 Å². The van der Waals surface area contributed by atoms with E-state index in [0.717, 1.165) is 12.1 Å². The Bertz CT molecular complexity index is 184. The number of rotatable bonds is 4. The fourth-order valence-corrected chi connectivity index (χ4v) is 1.33. The summed E-state index contributed by atoms with van der Waals surface area (Å²) in [6.07, 6.45) is 5.35. The summed E-state index contributed by atoms with van der Waals surface area (Å²) < 4.78 is 0. The first-order valence-corrected chi connectivity index (χ1v) is 4.53. The van der Waals surface area contributed by atoms with Gasteiger partial charge in [-0.15, -0.1) is 0 Å². The van der Waals surface area contributed by atoms with Crippen molar-refractivity contribution in [1.82, 2.24) is 10.2 Å². The number of unbranched alkanes of at least 4 members (excludes halogenated alkanes) is 1. The van der Waals surface area contributed by atoms with Gasteiger partial charge in [0.25, 0.3) is 0 Å². The van der Waals surface area contributed by atoms with E-state index >= 15 is 0 Å². The summed E-state index contributed by atoms with van der Waals surface area (Å²) in [5, 5.41) is 7.13. The van der Waals surface area contributed by atoms with E-state index in [1.807, 2.05) is 6.07 Å². The lowest BCUT2D eigenvalue weighted by Gasteiger charge is -2.05. The summed E-state index contributed by atoms with van der Waals surface area (Å²) >= 11 is 4.45. The van der Waals surface area contributed by atoms with E-state index < -0.39 is 0 Å². The first-order valence-electron chi connectivity index (χ1n) is 4.02. The molecule has 1 unspecified atom stereocenters. The van der Waals surface area contributed by atoms with Crippen molar-refractivity contribution in [3.63, 3.8) is 0 Å². The van der Waals surface area contributed by atoms with Gasteiger partial charge in [0.2, 0.25) is 0 Å². The number of hydrogen-bond donors (Lipinski definition) is 2. The maximum Gasteiger partial charge on any atom is 0.0490 e. The third kappa shape index (κ3) is 2.58. The molecule has 0 aliphatic heterocycles. The van der Waals surface area contributed by atoms with Crippen molar-refractivity contribution in [2.75, 3.05) is 0 Å². The Balaban J connectivity index is 2.36. The van der Waals surface area contributed by atoms with Crippen molar-refractivity contribution in [1.29, 1.82) is 0 Å². The highest BCUT2D eigenvalue weighted by Gasteiger charge is 2.05. The van der Waals surface area contributed by atoms with Gasteiger partial charge in [-0.25, -0.2) is 0 Å². The average Bonchev–Trinajstić information content (AvgIpc) is 2.52. The molecule has 0 saturated heterocycles. The molecule has 2 nitrogen and oxygen atoms in total. The molecule has 1 rings (SSSR count). The molecule has 62 valence electrons. The van der Waals surface area contributed by atoms with E-state index in [1.165, 1.54) is 12.8 Å². The molecule has 0 saturated carbocycles. The Labute approximate surface area is 72.8 Å². The fourth-order valence-electron chi connectivity index (χ4n) is 1.01. The van der Waals surface area contributed by atoms with Crippen molar-refractivity contribution in [2.45, 2.75) is 31.4 Å². The average molecular weight is 170 g/mol. The van der Waals surface area contributed by atoms with Gasteiger partial charge < -0.3 is 0 Å². The van der Waals surface area contributed by atoms with Crippen molar-refractivity contribution in [3.8, 4) is 0 Å². The number of thiol groups is 1. The van der Waals surface area contributed by atoms with E-state index in [-0.39, 0.29) is 0 Å². The minimum absolute atomic E-state index is 0.331. The minimum Gasteiger partial charge on any atom is -0.281 e. The summed E-state index contributed by atoms with van der Waals surface area (Å²) in [6.45, 7) is 2.19. The first-order chi connectivity index (χ1) is 5.34. The van der Waals surface area contributed by atoms with Gasteiger partial charge in [-0.3, -0.25) is 5.10 Å². The molecule has 0 aliphatic carbocycles. The number of nitrogens with one attached hydrogen (secondary N) is 1. The van der Waals surface area contributed by atoms with Crippen LogP contribution in [0, 0.1) is 0 Å². The van der Waals surface area contributed by atoms with Crippen LogP contribution in [0.3, 0.4) is 0 Å². The van der Waals surface area contributed by atoms with Crippen LogP contribution in [-0.4, -0.2) is 10.2 Å². The Kier molecular flexibility index (Phi) is 3.49. The molecule has 0 amide bonds. The molecule has 0 aromatic carbocycles. The zero-order valence-corrected chi connectivity index (χ0v) is 7.64. The lowest BCUT2D eigenvalue weighted by molar-refractivity contribution is 0.697. The molecule has 0 bridgehead atoms. The van der Waals surface area contributed by atoms with Gasteiger partial charge in [0.05, 0.1) is 0 Å². The molecule has 1 N–H and O–H groups in total. The summed E-state index contributed by atoms with van der Waals surface area (Å²) in [4.78, 5) is 0. The van der Waals surface area contributed by atoms with Crippen LogP contribution in [-0.2, 0) is 0 Å². The Morgan fingerprint density at radius 1 is 1.73 bits per heavy atom. The van der Waals surface area contributed by atoms with Crippen LogP contribution in [0.4, 0.5) is 0 Å². The molecule has 0 aliphatic rings. The van der Waals surface area contributed by atoms with E-state index in [0.29, 0.717) is 5.25 Å². The summed E-state index contributed by atoms with van der Waals surface area (Å²) in [5.74, 6) is 0. The van der Waals surface area contributed by atoms with Gasteiger partial charge in [0.1, 0.15) is 0 Å². The summed E-state index contributed by atoms with van der Waals surface area (Å²) in [5.41, 5.74) is 1.13. The van der Waals surface area contributed by atoms with Crippen LogP contribution in [0.1, 0.15) is 37.1 Å². The van der Waals surface area contributed by atoms with E-state index in [2.05, 4.69) is 29.7 Å². The SMILES string of the molecule is CCCCC(S)c1ccn[nH]1. The van der Waals surface area contributed by atoms with Gasteiger partial charge in [-0.05, 0) is 12.5 Å². The first kappa shape index (κ1) is 8.65. The Morgan fingerprint density at radius 3 is 3.09 bits per heavy atom. The highest BCUT2D eigenvalue weighted by molar-refractivity contribution is 7.80. The Hall–Kier alpha value is -0.440. The maximum absolute atomic E-state index is 4.45. The smallest absolute Gasteiger partial charge is 0.0490 e. The molecule has 11 heavy (non-hydrogen) atoms. The molecular weight excluding hydrogens is 156 g/mol. The van der Waals surface area contributed by atoms with Crippen LogP contribution >= 0.6 is 12.6 Å². The lowest BCUT2D eigenvalue weighted by atomic mass is 10.1. The summed E-state index contributed by atoms with van der Waals surface area (Å²) in [7, 11) is 0. The van der Waals surface area contributed by atoms with Crippen LogP contribution < -0.4 is 0 Å². The number of hydrogen-bond acceptors (Lipinski definition) is 2. The van der Waals surface area contributed by atoms with Crippen LogP contribution in [0.15, 0.2) is 12.3 Å². The highest BCUT2D eigenvalue weighted by atomic mass is 32.1. The summed E-state index contributed by atoms with van der Waals surface area (Å²) in [6, 6.07) is 1.98. The van der Waals surface area contributed by atoms with Gasteiger partial charge in [0, 0.05) is 17.1 Å². The second kappa shape index (κ2) is 4.44. The largest absolute Gasteiger partial charge is 0.281 e. The standard InChI is InChI=1S/C8H14N2S/c1-2-3-4-8(11)7-5-6-9-10-7/h5-6,8,11H,2-4H2,1H3,(H,9,10). The third-order valence-electron chi connectivity index (χ3n) is 1.71. The number of aromatic amines is 1. The monoisotopic (exact) mass is 170 g/mol. The van der Waals surface area contributed by atoms with Gasteiger partial charge in [-0.2, -0.15) is 17.7 Å². The van der Waals surface area contributed by atoms with Crippen LogP contribution in [0.5, 0.6) is 0 Å². The van der Waals surface area contributed by atoms with Crippen molar-refractivity contribution >= 4 is 12.6 Å². The third-order valence-corrected chi connectivity index (χ3v) is 2.25. The van der Waals surface area contributed by atoms with E-state index in [1.54, 1.807) is 6.20 Å². The predicted molar refractivity (Wildman–Crippen MR) is 49.8 cm³/mol. The highest BCUT2D eigenvalue weighted by Crippen LogP contribution is 2.22. The minimum atomic E-state index is 0.331. The zero-order chi connectivity index (χ0) is 8.10. The van der Waals surface area contributed by atoms with Crippen molar-refractivity contribution in [3.05, 3.63) is 18.0 Å². The zero-order valence-electron chi connectivity index (χ0n) is 6.75. The molecule has 1 atom stereocenters. The number of nitrogens with zero attached hydrogens (tertiary/aromatic N) is 1. The molecule has 0 spiro atoms. The Morgan fingerprint density at radius 2 is 2.55 bits per heavy atom. The molecular formula is C8H14N2S. The molecule has 3 heteroatoms. The van der Waals surface area contributed by atoms with Crippen molar-refractivity contribution in [2.24, 2.45) is 0 Å². The van der Waals surface area contributed by atoms with E-state index in [4.69, 9.17) is 0 Å². The van der Waals surface area contributed by atoms with Crippen molar-refractivity contribution < 1.29 is 0 Å². The number of H-pyrrole nitrogens is 1. The maximum atomic E-state index is 4.45. The normalized spacial score (nSPS) is 13.3. The van der Waals surface area contributed by atoms with Gasteiger partial charge in [0.15, 0.2) is 0 Å². The topological polar surface area (TPSA) is 28.7 Å².